The first-order chi connectivity index (χ1) is 10.3. The van der Waals surface area contributed by atoms with Crippen LogP contribution in [0.25, 0.3) is 0 Å². The number of allylic oxidation sites excluding steroid dienone is 1. The first kappa shape index (κ1) is 15.9. The number of rotatable bonds is 3. The standard InChI is InChI=1S/C16H17NO5/c1-9-6-13(19)16(2,21)15(20)14(9)17-8-10-4-5-11(18)7-12(10)22-3/h4-7,18,21H,8H2,1-3H3/t16-/m1/s1. The molecule has 116 valence electrons. The largest absolute Gasteiger partial charge is 0.508 e. The first-order valence-corrected chi connectivity index (χ1v) is 6.68. The summed E-state index contributed by atoms with van der Waals surface area (Å²) in [6.07, 6.45) is 1.22. The summed E-state index contributed by atoms with van der Waals surface area (Å²) in [7, 11) is 1.46. The van der Waals surface area contributed by atoms with Crippen LogP contribution < -0.4 is 4.74 Å². The van der Waals surface area contributed by atoms with Crippen LogP contribution in [0.15, 0.2) is 34.8 Å². The predicted molar refractivity (Wildman–Crippen MR) is 80.2 cm³/mol. The summed E-state index contributed by atoms with van der Waals surface area (Å²) in [6.45, 7) is 2.88. The van der Waals surface area contributed by atoms with E-state index in [0.29, 0.717) is 16.9 Å². The van der Waals surface area contributed by atoms with E-state index in [2.05, 4.69) is 4.99 Å². The second kappa shape index (κ2) is 5.73. The number of nitrogens with zero attached hydrogens (tertiary/aromatic N) is 1. The van der Waals surface area contributed by atoms with Gasteiger partial charge in [0.15, 0.2) is 11.4 Å². The highest BCUT2D eigenvalue weighted by Crippen LogP contribution is 2.25. The number of carbonyl (C=O) groups excluding carboxylic acids is 2. The van der Waals surface area contributed by atoms with Gasteiger partial charge in [-0.2, -0.15) is 0 Å². The first-order valence-electron chi connectivity index (χ1n) is 6.68. The third kappa shape index (κ3) is 2.78. The molecule has 1 atom stereocenters. The van der Waals surface area contributed by atoms with E-state index in [1.807, 2.05) is 0 Å². The minimum absolute atomic E-state index is 0.0617. The molecule has 0 radical (unpaired) electrons. The van der Waals surface area contributed by atoms with Crippen LogP contribution >= 0.6 is 0 Å². The van der Waals surface area contributed by atoms with Crippen molar-refractivity contribution >= 4 is 17.3 Å². The minimum atomic E-state index is -2.07. The number of Topliss-reactive ketones (excluding diaryl/α,β-unsaturated/α-hetero) is 1. The lowest BCUT2D eigenvalue weighted by Crippen LogP contribution is -2.50. The van der Waals surface area contributed by atoms with Gasteiger partial charge in [0.1, 0.15) is 17.2 Å². The Balaban J connectivity index is 2.36. The number of aliphatic imine (C=N–C) groups is 1. The van der Waals surface area contributed by atoms with E-state index < -0.39 is 17.2 Å². The fourth-order valence-electron chi connectivity index (χ4n) is 2.15. The molecule has 0 spiro atoms. The van der Waals surface area contributed by atoms with Gasteiger partial charge in [-0.1, -0.05) is 0 Å². The molecule has 2 rings (SSSR count). The molecular formula is C16H17NO5. The van der Waals surface area contributed by atoms with Crippen molar-refractivity contribution in [3.05, 3.63) is 35.4 Å². The Morgan fingerprint density at radius 2 is 2.00 bits per heavy atom. The fraction of sp³-hybridized carbons (Fsp3) is 0.312. The molecule has 1 aromatic rings. The average Bonchev–Trinajstić information content (AvgIpc) is 2.46. The van der Waals surface area contributed by atoms with Gasteiger partial charge in [0.05, 0.1) is 13.7 Å². The normalized spacial score (nSPS) is 23.6. The van der Waals surface area contributed by atoms with Gasteiger partial charge in [-0.15, -0.1) is 0 Å². The summed E-state index contributed by atoms with van der Waals surface area (Å²) in [5.74, 6) is -0.852. The summed E-state index contributed by atoms with van der Waals surface area (Å²) in [5, 5.41) is 19.4. The van der Waals surface area contributed by atoms with Crippen LogP contribution in [-0.2, 0) is 16.1 Å². The van der Waals surface area contributed by atoms with Crippen LogP contribution in [0.3, 0.4) is 0 Å². The van der Waals surface area contributed by atoms with E-state index in [0.717, 1.165) is 6.92 Å². The van der Waals surface area contributed by atoms with E-state index in [-0.39, 0.29) is 18.0 Å². The van der Waals surface area contributed by atoms with Crippen LogP contribution in [0.4, 0.5) is 0 Å². The molecule has 1 aliphatic rings. The molecule has 0 unspecified atom stereocenters. The highest BCUT2D eigenvalue weighted by atomic mass is 16.5. The molecule has 0 heterocycles. The van der Waals surface area contributed by atoms with Crippen LogP contribution in [0.1, 0.15) is 19.4 Å². The predicted octanol–water partition coefficient (Wildman–Crippen LogP) is 1.19. The number of hydrogen-bond acceptors (Lipinski definition) is 6. The lowest BCUT2D eigenvalue weighted by molar-refractivity contribution is -0.142. The van der Waals surface area contributed by atoms with Crippen molar-refractivity contribution in [1.29, 1.82) is 0 Å². The number of benzene rings is 1. The Morgan fingerprint density at radius 3 is 2.64 bits per heavy atom. The second-order valence-corrected chi connectivity index (χ2v) is 5.25. The number of aromatic hydroxyl groups is 1. The van der Waals surface area contributed by atoms with Gasteiger partial charge in [-0.3, -0.25) is 14.6 Å². The van der Waals surface area contributed by atoms with Crippen LogP contribution in [-0.4, -0.2) is 40.2 Å². The smallest absolute Gasteiger partial charge is 0.220 e. The van der Waals surface area contributed by atoms with Crippen LogP contribution in [0.5, 0.6) is 11.5 Å². The maximum Gasteiger partial charge on any atom is 0.220 e. The van der Waals surface area contributed by atoms with Gasteiger partial charge in [-0.05, 0) is 37.6 Å². The Bertz CT molecular complexity index is 700. The highest BCUT2D eigenvalue weighted by Gasteiger charge is 2.43. The Morgan fingerprint density at radius 1 is 1.32 bits per heavy atom. The second-order valence-electron chi connectivity index (χ2n) is 5.25. The molecule has 1 aliphatic carbocycles. The number of carbonyl (C=O) groups is 2. The number of phenolic OH excluding ortho intramolecular Hbond substituents is 1. The van der Waals surface area contributed by atoms with Crippen LogP contribution in [0, 0.1) is 0 Å². The van der Waals surface area contributed by atoms with E-state index in [1.165, 1.54) is 25.3 Å². The van der Waals surface area contributed by atoms with Crippen molar-refractivity contribution in [2.45, 2.75) is 26.0 Å². The zero-order valence-corrected chi connectivity index (χ0v) is 12.6. The number of ether oxygens (including phenoxy) is 1. The van der Waals surface area contributed by atoms with Gasteiger partial charge in [0.2, 0.25) is 5.78 Å². The molecule has 2 N–H and O–H groups in total. The monoisotopic (exact) mass is 303 g/mol. The lowest BCUT2D eigenvalue weighted by Gasteiger charge is -2.24. The Kier molecular flexibility index (Phi) is 4.14. The molecule has 22 heavy (non-hydrogen) atoms. The Hall–Kier alpha value is -2.47. The van der Waals surface area contributed by atoms with Gasteiger partial charge in [-0.25, -0.2) is 0 Å². The molecule has 0 saturated carbocycles. The van der Waals surface area contributed by atoms with Gasteiger partial charge in [0.25, 0.3) is 0 Å². The van der Waals surface area contributed by atoms with Crippen LogP contribution in [0.2, 0.25) is 0 Å². The summed E-state index contributed by atoms with van der Waals surface area (Å²) in [6, 6.07) is 4.57. The topological polar surface area (TPSA) is 96.2 Å². The van der Waals surface area contributed by atoms with Crippen molar-refractivity contribution in [3.63, 3.8) is 0 Å². The molecule has 1 aromatic carbocycles. The van der Waals surface area contributed by atoms with Crippen molar-refractivity contribution in [1.82, 2.24) is 0 Å². The van der Waals surface area contributed by atoms with Crippen molar-refractivity contribution < 1.29 is 24.5 Å². The molecule has 0 amide bonds. The summed E-state index contributed by atoms with van der Waals surface area (Å²) < 4.78 is 5.15. The SMILES string of the molecule is COc1cc(O)ccc1CN=C1C(=O)[C@](C)(O)C(=O)C=C1C. The third-order valence-corrected chi connectivity index (χ3v) is 3.54. The van der Waals surface area contributed by atoms with Gasteiger partial charge in [0, 0.05) is 11.6 Å². The van der Waals surface area contributed by atoms with E-state index >= 15 is 0 Å². The molecule has 0 bridgehead atoms. The molecule has 0 aromatic heterocycles. The number of aliphatic hydroxyl groups is 1. The zero-order valence-electron chi connectivity index (χ0n) is 12.6. The number of hydrogen-bond donors (Lipinski definition) is 2. The molecule has 0 fully saturated rings. The summed E-state index contributed by atoms with van der Waals surface area (Å²) in [5.41, 5.74) is -0.916. The minimum Gasteiger partial charge on any atom is -0.508 e. The number of methoxy groups -OCH3 is 1. The maximum atomic E-state index is 12.2. The van der Waals surface area contributed by atoms with E-state index in [1.54, 1.807) is 13.0 Å². The zero-order chi connectivity index (χ0) is 16.5. The van der Waals surface area contributed by atoms with E-state index in [4.69, 9.17) is 4.74 Å². The molecule has 6 heteroatoms. The molecule has 6 nitrogen and oxygen atoms in total. The fourth-order valence-corrected chi connectivity index (χ4v) is 2.15. The average molecular weight is 303 g/mol. The van der Waals surface area contributed by atoms with Crippen molar-refractivity contribution in [2.75, 3.05) is 7.11 Å². The summed E-state index contributed by atoms with van der Waals surface area (Å²) >= 11 is 0. The Labute approximate surface area is 127 Å². The van der Waals surface area contributed by atoms with Gasteiger partial charge >= 0.3 is 0 Å². The van der Waals surface area contributed by atoms with E-state index in [9.17, 15) is 19.8 Å². The quantitative estimate of drug-likeness (QED) is 0.818. The number of phenols is 1. The van der Waals surface area contributed by atoms with Gasteiger partial charge < -0.3 is 14.9 Å². The molecule has 0 saturated heterocycles. The maximum absolute atomic E-state index is 12.2. The number of ketones is 2. The summed E-state index contributed by atoms with van der Waals surface area (Å²) in [4.78, 5) is 28.0. The van der Waals surface area contributed by atoms with Crippen molar-refractivity contribution in [3.8, 4) is 11.5 Å². The lowest BCUT2D eigenvalue weighted by atomic mass is 9.83. The highest BCUT2D eigenvalue weighted by molar-refractivity contribution is 6.54. The third-order valence-electron chi connectivity index (χ3n) is 3.54. The molecular weight excluding hydrogens is 286 g/mol. The van der Waals surface area contributed by atoms with Crippen molar-refractivity contribution in [2.24, 2.45) is 4.99 Å². The molecule has 0 aliphatic heterocycles.